The fraction of sp³-hybridized carbons (Fsp3) is 0.308. The molecule has 4 heteroatoms. The first-order valence-corrected chi connectivity index (χ1v) is 11.1. The van der Waals surface area contributed by atoms with Gasteiger partial charge >= 0.3 is 0 Å². The second kappa shape index (κ2) is 7.92. The van der Waals surface area contributed by atoms with E-state index in [-0.39, 0.29) is 12.4 Å². The minimum Gasteiger partial charge on any atom is -0.337 e. The molecule has 0 amide bonds. The van der Waals surface area contributed by atoms with Gasteiger partial charge in [-0.1, -0.05) is 60.1 Å². The molecule has 1 saturated heterocycles. The van der Waals surface area contributed by atoms with E-state index in [9.17, 15) is 0 Å². The Bertz CT molecular complexity index is 1060. The van der Waals surface area contributed by atoms with Crippen molar-refractivity contribution in [2.45, 2.75) is 37.8 Å². The van der Waals surface area contributed by atoms with Crippen LogP contribution in [-0.2, 0) is 19.4 Å². The van der Waals surface area contributed by atoms with Crippen LogP contribution in [0, 0.1) is 0 Å². The number of fused-ring (bicyclic) bond motifs is 5. The summed E-state index contributed by atoms with van der Waals surface area (Å²) >= 11 is 6.07. The Morgan fingerprint density at radius 3 is 2.50 bits per heavy atom. The Morgan fingerprint density at radius 1 is 0.867 bits per heavy atom. The van der Waals surface area contributed by atoms with Crippen LogP contribution < -0.4 is 4.90 Å². The summed E-state index contributed by atoms with van der Waals surface area (Å²) in [5.41, 5.74) is 8.89. The van der Waals surface area contributed by atoms with Crippen molar-refractivity contribution < 1.29 is 0 Å². The van der Waals surface area contributed by atoms with E-state index in [0.29, 0.717) is 12.0 Å². The van der Waals surface area contributed by atoms with Crippen molar-refractivity contribution in [3.05, 3.63) is 94.0 Å². The summed E-state index contributed by atoms with van der Waals surface area (Å²) in [5.74, 6) is 0.581. The molecule has 0 saturated carbocycles. The van der Waals surface area contributed by atoms with Gasteiger partial charge in [-0.2, -0.15) is 0 Å². The van der Waals surface area contributed by atoms with Gasteiger partial charge in [-0.3, -0.25) is 4.90 Å². The van der Waals surface area contributed by atoms with Gasteiger partial charge in [0.1, 0.15) is 0 Å². The number of hydrogen-bond acceptors (Lipinski definition) is 2. The molecule has 1 fully saturated rings. The Balaban J connectivity index is 0.00000193. The molecule has 0 bridgehead atoms. The molecule has 0 aliphatic carbocycles. The number of halogens is 2. The summed E-state index contributed by atoms with van der Waals surface area (Å²) in [6.45, 7) is 3.28. The van der Waals surface area contributed by atoms with E-state index < -0.39 is 0 Å². The smallest absolute Gasteiger partial charge is 0.0483 e. The van der Waals surface area contributed by atoms with Gasteiger partial charge in [0, 0.05) is 48.0 Å². The highest BCUT2D eigenvalue weighted by molar-refractivity contribution is 6.30. The van der Waals surface area contributed by atoms with Crippen LogP contribution in [0.3, 0.4) is 0 Å². The molecule has 3 heterocycles. The van der Waals surface area contributed by atoms with E-state index >= 15 is 0 Å². The van der Waals surface area contributed by atoms with Crippen LogP contribution in [0.2, 0.25) is 5.02 Å². The molecule has 3 aromatic carbocycles. The van der Waals surface area contributed by atoms with E-state index in [4.69, 9.17) is 11.6 Å². The minimum atomic E-state index is 0. The predicted molar refractivity (Wildman–Crippen MR) is 128 cm³/mol. The van der Waals surface area contributed by atoms with Gasteiger partial charge in [0.2, 0.25) is 0 Å². The van der Waals surface area contributed by atoms with E-state index in [0.717, 1.165) is 37.5 Å². The van der Waals surface area contributed by atoms with E-state index in [1.807, 2.05) is 12.1 Å². The number of para-hydroxylation sites is 2. The molecule has 2 unspecified atom stereocenters. The molecule has 3 aliphatic heterocycles. The highest BCUT2D eigenvalue weighted by Crippen LogP contribution is 2.52. The number of nitrogens with zero attached hydrogens (tertiary/aromatic N) is 2. The third kappa shape index (κ3) is 3.22. The average molecular weight is 437 g/mol. The fourth-order valence-electron chi connectivity index (χ4n) is 5.71. The number of rotatable bonds is 2. The van der Waals surface area contributed by atoms with Gasteiger partial charge in [-0.15, -0.1) is 12.4 Å². The molecule has 3 aromatic rings. The third-order valence-electron chi connectivity index (χ3n) is 7.02. The number of piperidine rings is 1. The van der Waals surface area contributed by atoms with E-state index in [1.54, 1.807) is 5.56 Å². The van der Waals surface area contributed by atoms with E-state index in [2.05, 4.69) is 64.4 Å². The zero-order valence-electron chi connectivity index (χ0n) is 16.9. The summed E-state index contributed by atoms with van der Waals surface area (Å²) in [7, 11) is 0. The molecule has 6 rings (SSSR count). The summed E-state index contributed by atoms with van der Waals surface area (Å²) in [5, 5.41) is 0.813. The highest BCUT2D eigenvalue weighted by Gasteiger charge is 2.44. The first kappa shape index (κ1) is 19.9. The quantitative estimate of drug-likeness (QED) is 0.460. The first-order valence-electron chi connectivity index (χ1n) is 10.7. The fourth-order valence-corrected chi connectivity index (χ4v) is 5.84. The van der Waals surface area contributed by atoms with Gasteiger partial charge < -0.3 is 4.90 Å². The number of aryl methyl sites for hydroxylation is 2. The Labute approximate surface area is 189 Å². The van der Waals surface area contributed by atoms with Crippen LogP contribution in [0.1, 0.15) is 34.6 Å². The average Bonchev–Trinajstić information content (AvgIpc) is 2.98. The van der Waals surface area contributed by atoms with Crippen LogP contribution >= 0.6 is 24.0 Å². The lowest BCUT2D eigenvalue weighted by Crippen LogP contribution is -2.44. The lowest BCUT2D eigenvalue weighted by Gasteiger charge is -2.39. The summed E-state index contributed by atoms with van der Waals surface area (Å²) in [6.07, 6.45) is 3.49. The Kier molecular flexibility index (Phi) is 5.26. The molecule has 2 atom stereocenters. The van der Waals surface area contributed by atoms with Crippen LogP contribution in [0.5, 0.6) is 0 Å². The zero-order chi connectivity index (χ0) is 19.4. The molecule has 0 radical (unpaired) electrons. The molecule has 0 aromatic heterocycles. The molecule has 0 N–H and O–H groups in total. The maximum Gasteiger partial charge on any atom is 0.0483 e. The monoisotopic (exact) mass is 436 g/mol. The normalized spacial score (nSPS) is 21.8. The van der Waals surface area contributed by atoms with Crippen molar-refractivity contribution in [3.8, 4) is 0 Å². The summed E-state index contributed by atoms with van der Waals surface area (Å²) in [6, 6.07) is 25.0. The van der Waals surface area contributed by atoms with Crippen LogP contribution in [0.25, 0.3) is 0 Å². The summed E-state index contributed by atoms with van der Waals surface area (Å²) < 4.78 is 0. The summed E-state index contributed by atoms with van der Waals surface area (Å²) in [4.78, 5) is 5.33. The van der Waals surface area contributed by atoms with Crippen LogP contribution in [-0.4, -0.2) is 24.0 Å². The van der Waals surface area contributed by atoms with Crippen molar-refractivity contribution in [2.24, 2.45) is 0 Å². The molecule has 30 heavy (non-hydrogen) atoms. The Morgan fingerprint density at radius 2 is 1.63 bits per heavy atom. The first-order chi connectivity index (χ1) is 14.3. The topological polar surface area (TPSA) is 6.48 Å². The maximum absolute atomic E-state index is 6.07. The largest absolute Gasteiger partial charge is 0.337 e. The van der Waals surface area contributed by atoms with Crippen molar-refractivity contribution >= 4 is 35.4 Å². The van der Waals surface area contributed by atoms with Crippen molar-refractivity contribution in [2.75, 3.05) is 18.0 Å². The molecule has 154 valence electrons. The van der Waals surface area contributed by atoms with Gasteiger partial charge in [-0.25, -0.2) is 0 Å². The van der Waals surface area contributed by atoms with E-state index in [1.165, 1.54) is 34.5 Å². The second-order valence-electron chi connectivity index (χ2n) is 8.68. The molecule has 2 nitrogen and oxygen atoms in total. The number of hydrogen-bond donors (Lipinski definition) is 0. The lowest BCUT2D eigenvalue weighted by atomic mass is 9.87. The maximum atomic E-state index is 6.07. The number of likely N-dealkylation sites (tertiary alicyclic amines) is 1. The zero-order valence-corrected chi connectivity index (χ0v) is 18.5. The lowest BCUT2D eigenvalue weighted by molar-refractivity contribution is 0.189. The van der Waals surface area contributed by atoms with Crippen LogP contribution in [0.15, 0.2) is 66.7 Å². The van der Waals surface area contributed by atoms with Crippen LogP contribution in [0.4, 0.5) is 11.4 Å². The highest BCUT2D eigenvalue weighted by atomic mass is 35.5. The number of benzene rings is 3. The van der Waals surface area contributed by atoms with Gasteiger partial charge in [0.25, 0.3) is 0 Å². The molecule has 0 spiro atoms. The standard InChI is InChI=1S/C26H25ClN2.ClH/c27-21-12-8-18(9-13-21)16-28-15-14-25-23(17-28)22-6-3-5-20-11-10-19-4-1-2-7-24(19)29(25)26(20)22;/h1-9,12-13,23,25H,10-11,14-17H2;1H. The second-order valence-corrected chi connectivity index (χ2v) is 9.11. The van der Waals surface area contributed by atoms with Gasteiger partial charge in [-0.05, 0) is 59.7 Å². The minimum absolute atomic E-state index is 0. The predicted octanol–water partition coefficient (Wildman–Crippen LogP) is 6.37. The Hall–Kier alpha value is -2.00. The van der Waals surface area contributed by atoms with Crippen molar-refractivity contribution in [1.29, 1.82) is 0 Å². The van der Waals surface area contributed by atoms with Crippen molar-refractivity contribution in [1.82, 2.24) is 4.90 Å². The molecule has 3 aliphatic rings. The SMILES string of the molecule is Cl.Clc1ccc(CN2CCC3C(C2)c2cccc4c2N3c2ccccc2CC4)cc1. The third-order valence-corrected chi connectivity index (χ3v) is 7.27. The molecular formula is C26H26Cl2N2. The molecular weight excluding hydrogens is 411 g/mol. The van der Waals surface area contributed by atoms with Crippen molar-refractivity contribution in [3.63, 3.8) is 0 Å². The number of anilines is 2. The van der Waals surface area contributed by atoms with Gasteiger partial charge in [0.05, 0.1) is 0 Å². The van der Waals surface area contributed by atoms with Gasteiger partial charge in [0.15, 0.2) is 0 Å².